The first-order valence-electron chi connectivity index (χ1n) is 7.80. The van der Waals surface area contributed by atoms with Crippen LogP contribution in [-0.2, 0) is 0 Å². The summed E-state index contributed by atoms with van der Waals surface area (Å²) in [7, 11) is 0. The molecule has 3 rings (SSSR count). The lowest BCUT2D eigenvalue weighted by Crippen LogP contribution is -2.12. The van der Waals surface area contributed by atoms with E-state index in [0.717, 1.165) is 6.07 Å². The van der Waals surface area contributed by atoms with Gasteiger partial charge in [0.15, 0.2) is 0 Å². The summed E-state index contributed by atoms with van der Waals surface area (Å²) in [5.41, 5.74) is 0.311. The van der Waals surface area contributed by atoms with Gasteiger partial charge < -0.3 is 9.15 Å². The zero-order valence-electron chi connectivity index (χ0n) is 14.0. The van der Waals surface area contributed by atoms with Crippen LogP contribution in [0, 0.1) is 10.1 Å². The van der Waals surface area contributed by atoms with Crippen LogP contribution in [0.2, 0.25) is 5.02 Å². The van der Waals surface area contributed by atoms with Crippen LogP contribution in [0.5, 0.6) is 5.75 Å². The predicted molar refractivity (Wildman–Crippen MR) is 97.0 cm³/mol. The van der Waals surface area contributed by atoms with Gasteiger partial charge in [0.05, 0.1) is 11.5 Å². The van der Waals surface area contributed by atoms with Crippen molar-refractivity contribution in [2.75, 3.05) is 11.9 Å². The number of aromatic nitrogens is 2. The van der Waals surface area contributed by atoms with Crippen molar-refractivity contribution >= 4 is 29.2 Å². The van der Waals surface area contributed by atoms with Gasteiger partial charge in [-0.15, -0.1) is 5.10 Å². The monoisotopic (exact) mass is 388 g/mol. The zero-order valence-corrected chi connectivity index (χ0v) is 14.8. The molecule has 0 fully saturated rings. The van der Waals surface area contributed by atoms with Crippen molar-refractivity contribution in [1.29, 1.82) is 0 Å². The summed E-state index contributed by atoms with van der Waals surface area (Å²) in [4.78, 5) is 22.5. The second-order valence-electron chi connectivity index (χ2n) is 5.25. The normalized spacial score (nSPS) is 10.4. The highest BCUT2D eigenvalue weighted by Gasteiger charge is 2.18. The molecular formula is C17H13ClN4O5. The number of nitro groups is 1. The van der Waals surface area contributed by atoms with Gasteiger partial charge in [0.2, 0.25) is 5.89 Å². The summed E-state index contributed by atoms with van der Waals surface area (Å²) in [6.45, 7) is 2.44. The van der Waals surface area contributed by atoms with Gasteiger partial charge in [-0.2, -0.15) is 0 Å². The third kappa shape index (κ3) is 4.21. The van der Waals surface area contributed by atoms with E-state index in [2.05, 4.69) is 15.5 Å². The first-order valence-corrected chi connectivity index (χ1v) is 8.17. The first kappa shape index (κ1) is 18.3. The van der Waals surface area contributed by atoms with E-state index in [1.807, 2.05) is 6.92 Å². The molecule has 10 heteroatoms. The molecule has 27 heavy (non-hydrogen) atoms. The average Bonchev–Trinajstić information content (AvgIpc) is 3.11. The summed E-state index contributed by atoms with van der Waals surface area (Å²) in [5, 5.41) is 20.9. The van der Waals surface area contributed by atoms with E-state index in [9.17, 15) is 14.9 Å². The number of nitrogens with zero attached hydrogens (tertiary/aromatic N) is 3. The number of anilines is 1. The van der Waals surface area contributed by atoms with Crippen molar-refractivity contribution in [3.63, 3.8) is 0 Å². The minimum absolute atomic E-state index is 0.0342. The Kier molecular flexibility index (Phi) is 5.32. The third-order valence-corrected chi connectivity index (χ3v) is 3.78. The molecule has 0 aliphatic rings. The Labute approximate surface area is 158 Å². The molecule has 1 amide bonds. The van der Waals surface area contributed by atoms with Crippen molar-refractivity contribution in [3.05, 3.63) is 63.2 Å². The largest absolute Gasteiger partial charge is 0.494 e. The number of nitrogens with one attached hydrogen (secondary N) is 1. The molecule has 0 bridgehead atoms. The minimum Gasteiger partial charge on any atom is -0.494 e. The lowest BCUT2D eigenvalue weighted by molar-refractivity contribution is -0.384. The number of rotatable bonds is 6. The van der Waals surface area contributed by atoms with E-state index in [4.69, 9.17) is 20.8 Å². The maximum atomic E-state index is 12.2. The highest BCUT2D eigenvalue weighted by molar-refractivity contribution is 6.32. The van der Waals surface area contributed by atoms with Crippen molar-refractivity contribution in [2.45, 2.75) is 6.92 Å². The van der Waals surface area contributed by atoms with Crippen molar-refractivity contribution in [2.24, 2.45) is 0 Å². The lowest BCUT2D eigenvalue weighted by Gasteiger charge is -2.03. The molecular weight excluding hydrogens is 376 g/mol. The van der Waals surface area contributed by atoms with Gasteiger partial charge in [0, 0.05) is 17.2 Å². The van der Waals surface area contributed by atoms with E-state index in [-0.39, 0.29) is 28.2 Å². The number of amides is 1. The van der Waals surface area contributed by atoms with E-state index >= 15 is 0 Å². The molecule has 0 radical (unpaired) electrons. The number of carbonyl (C=O) groups is 1. The van der Waals surface area contributed by atoms with Gasteiger partial charge in [-0.3, -0.25) is 20.2 Å². The Morgan fingerprint density at radius 1 is 1.26 bits per heavy atom. The minimum atomic E-state index is -0.671. The quantitative estimate of drug-likeness (QED) is 0.501. The third-order valence-electron chi connectivity index (χ3n) is 3.46. The fourth-order valence-electron chi connectivity index (χ4n) is 2.21. The van der Waals surface area contributed by atoms with Gasteiger partial charge in [0.25, 0.3) is 11.6 Å². The first-order chi connectivity index (χ1) is 13.0. The topological polar surface area (TPSA) is 120 Å². The number of carbonyl (C=O) groups excluding carboxylic acids is 1. The molecule has 0 atom stereocenters. The molecule has 9 nitrogen and oxygen atoms in total. The maximum absolute atomic E-state index is 12.2. The standard InChI is InChI=1S/C17H13ClN4O5/c1-2-26-12-6-3-10(4-7-12)16-20-21-17(27-16)19-15(23)11-5-8-13(18)14(9-11)22(24)25/h3-9H,2H2,1H3,(H,19,21,23). The molecule has 0 saturated carbocycles. The number of ether oxygens (including phenoxy) is 1. The molecule has 138 valence electrons. The highest BCUT2D eigenvalue weighted by atomic mass is 35.5. The summed E-state index contributed by atoms with van der Waals surface area (Å²) in [5.74, 6) is 0.269. The molecule has 0 unspecified atom stereocenters. The van der Waals surface area contributed by atoms with Crippen LogP contribution in [-0.4, -0.2) is 27.6 Å². The van der Waals surface area contributed by atoms with Crippen LogP contribution in [0.25, 0.3) is 11.5 Å². The second kappa shape index (κ2) is 7.83. The number of halogens is 1. The number of benzene rings is 2. The molecule has 0 aliphatic carbocycles. The van der Waals surface area contributed by atoms with Crippen LogP contribution in [0.4, 0.5) is 11.7 Å². The fraction of sp³-hybridized carbons (Fsp3) is 0.118. The van der Waals surface area contributed by atoms with E-state index in [1.165, 1.54) is 12.1 Å². The maximum Gasteiger partial charge on any atom is 0.322 e. The second-order valence-corrected chi connectivity index (χ2v) is 5.65. The van der Waals surface area contributed by atoms with Gasteiger partial charge in [-0.1, -0.05) is 16.7 Å². The van der Waals surface area contributed by atoms with Crippen LogP contribution in [0.1, 0.15) is 17.3 Å². The number of hydrogen-bond donors (Lipinski definition) is 1. The summed E-state index contributed by atoms with van der Waals surface area (Å²) < 4.78 is 10.8. The molecule has 0 aliphatic heterocycles. The molecule has 3 aromatic rings. The lowest BCUT2D eigenvalue weighted by atomic mass is 10.2. The molecule has 0 saturated heterocycles. The van der Waals surface area contributed by atoms with E-state index in [1.54, 1.807) is 24.3 Å². The van der Waals surface area contributed by atoms with E-state index in [0.29, 0.717) is 17.9 Å². The van der Waals surface area contributed by atoms with Crippen LogP contribution >= 0.6 is 11.6 Å². The zero-order chi connectivity index (χ0) is 19.4. The van der Waals surface area contributed by atoms with Gasteiger partial charge in [-0.05, 0) is 43.3 Å². The Morgan fingerprint density at radius 2 is 2.00 bits per heavy atom. The molecule has 1 N–H and O–H groups in total. The number of hydrogen-bond acceptors (Lipinski definition) is 7. The average molecular weight is 389 g/mol. The van der Waals surface area contributed by atoms with Crippen molar-refractivity contribution in [3.8, 4) is 17.2 Å². The molecule has 2 aromatic carbocycles. The molecule has 1 heterocycles. The molecule has 0 spiro atoms. The van der Waals surface area contributed by atoms with Crippen LogP contribution in [0.15, 0.2) is 46.9 Å². The Hall–Kier alpha value is -3.46. The van der Waals surface area contributed by atoms with Crippen LogP contribution in [0.3, 0.4) is 0 Å². The Bertz CT molecular complexity index is 987. The summed E-state index contributed by atoms with van der Waals surface area (Å²) in [6.07, 6.45) is 0. The van der Waals surface area contributed by atoms with Crippen molar-refractivity contribution < 1.29 is 18.9 Å². The smallest absolute Gasteiger partial charge is 0.322 e. The summed E-state index contributed by atoms with van der Waals surface area (Å²) >= 11 is 5.73. The Balaban J connectivity index is 1.74. The fourth-order valence-corrected chi connectivity index (χ4v) is 2.40. The van der Waals surface area contributed by atoms with Crippen LogP contribution < -0.4 is 10.1 Å². The van der Waals surface area contributed by atoms with Gasteiger partial charge >= 0.3 is 6.01 Å². The molecule has 1 aromatic heterocycles. The predicted octanol–water partition coefficient (Wildman–Crippen LogP) is 3.95. The van der Waals surface area contributed by atoms with E-state index < -0.39 is 10.8 Å². The van der Waals surface area contributed by atoms with Gasteiger partial charge in [0.1, 0.15) is 10.8 Å². The highest BCUT2D eigenvalue weighted by Crippen LogP contribution is 2.26. The van der Waals surface area contributed by atoms with Gasteiger partial charge in [-0.25, -0.2) is 0 Å². The SMILES string of the molecule is CCOc1ccc(-c2nnc(NC(=O)c3ccc(Cl)c([N+](=O)[O-])c3)o2)cc1. The van der Waals surface area contributed by atoms with Crippen molar-refractivity contribution in [1.82, 2.24) is 10.2 Å². The Morgan fingerprint density at radius 3 is 2.67 bits per heavy atom. The number of nitro benzene ring substituents is 1. The summed E-state index contributed by atoms with van der Waals surface area (Å²) in [6, 6.07) is 10.6.